The molecule has 0 heterocycles. The molecule has 8 heteroatoms. The normalized spacial score (nSPS) is 11.8. The number of nitro groups is 1. The fourth-order valence-corrected chi connectivity index (χ4v) is 1.74. The van der Waals surface area contributed by atoms with Gasteiger partial charge in [-0.05, 0) is 25.8 Å². The standard InChI is InChI=1S/C13H17FN2O5/c1-8(17)4-3-5-15-11-6-9(13(18)21-2)10(14)7-12(11)16(19)20/h6-8,15,17H,3-5H2,1-2H3. The quantitative estimate of drug-likeness (QED) is 0.346. The number of nitro benzene ring substituents is 1. The van der Waals surface area contributed by atoms with Crippen LogP contribution in [-0.2, 0) is 4.74 Å². The molecule has 0 saturated heterocycles. The Morgan fingerprint density at radius 3 is 2.76 bits per heavy atom. The van der Waals surface area contributed by atoms with E-state index in [2.05, 4.69) is 10.1 Å². The summed E-state index contributed by atoms with van der Waals surface area (Å²) in [6, 6.07) is 1.74. The predicted molar refractivity (Wildman–Crippen MR) is 73.8 cm³/mol. The number of nitrogens with zero attached hydrogens (tertiary/aromatic N) is 1. The van der Waals surface area contributed by atoms with Crippen molar-refractivity contribution in [1.29, 1.82) is 0 Å². The molecule has 0 radical (unpaired) electrons. The second-order valence-electron chi connectivity index (χ2n) is 4.52. The van der Waals surface area contributed by atoms with Gasteiger partial charge in [0.1, 0.15) is 11.5 Å². The number of hydrogen-bond acceptors (Lipinski definition) is 6. The number of aliphatic hydroxyl groups excluding tert-OH is 1. The number of benzene rings is 1. The zero-order chi connectivity index (χ0) is 16.0. The molecule has 1 atom stereocenters. The van der Waals surface area contributed by atoms with Crippen molar-refractivity contribution >= 4 is 17.3 Å². The van der Waals surface area contributed by atoms with Gasteiger partial charge in [-0.1, -0.05) is 0 Å². The van der Waals surface area contributed by atoms with Gasteiger partial charge in [-0.2, -0.15) is 0 Å². The van der Waals surface area contributed by atoms with Crippen LogP contribution in [0, 0.1) is 15.9 Å². The van der Waals surface area contributed by atoms with Gasteiger partial charge in [0.05, 0.1) is 29.8 Å². The summed E-state index contributed by atoms with van der Waals surface area (Å²) in [6.45, 7) is 1.98. The number of carbonyl (C=O) groups is 1. The summed E-state index contributed by atoms with van der Waals surface area (Å²) in [7, 11) is 1.10. The summed E-state index contributed by atoms with van der Waals surface area (Å²) in [5.41, 5.74) is -0.800. The van der Waals surface area contributed by atoms with Gasteiger partial charge in [-0.25, -0.2) is 9.18 Å². The summed E-state index contributed by atoms with van der Waals surface area (Å²) >= 11 is 0. The molecule has 116 valence electrons. The minimum absolute atomic E-state index is 0.0346. The van der Waals surface area contributed by atoms with Gasteiger partial charge in [-0.3, -0.25) is 10.1 Å². The van der Waals surface area contributed by atoms with E-state index in [0.29, 0.717) is 25.5 Å². The molecule has 0 aromatic heterocycles. The molecule has 7 nitrogen and oxygen atoms in total. The highest BCUT2D eigenvalue weighted by Gasteiger charge is 2.22. The number of ether oxygens (including phenoxy) is 1. The lowest BCUT2D eigenvalue weighted by atomic mass is 10.1. The summed E-state index contributed by atoms with van der Waals surface area (Å²) in [5, 5.41) is 22.8. The number of halogens is 1. The zero-order valence-electron chi connectivity index (χ0n) is 11.8. The average Bonchev–Trinajstić information content (AvgIpc) is 2.43. The van der Waals surface area contributed by atoms with Gasteiger partial charge < -0.3 is 15.2 Å². The number of aliphatic hydroxyl groups is 1. The molecule has 0 amide bonds. The van der Waals surface area contributed by atoms with E-state index >= 15 is 0 Å². The van der Waals surface area contributed by atoms with Crippen LogP contribution in [0.25, 0.3) is 0 Å². The highest BCUT2D eigenvalue weighted by atomic mass is 19.1. The lowest BCUT2D eigenvalue weighted by molar-refractivity contribution is -0.384. The van der Waals surface area contributed by atoms with E-state index in [4.69, 9.17) is 5.11 Å². The third kappa shape index (κ3) is 4.67. The number of carbonyl (C=O) groups excluding carboxylic acids is 1. The van der Waals surface area contributed by atoms with E-state index in [9.17, 15) is 19.3 Å². The Morgan fingerprint density at radius 1 is 1.57 bits per heavy atom. The highest BCUT2D eigenvalue weighted by molar-refractivity contribution is 5.91. The molecule has 2 N–H and O–H groups in total. The molecule has 0 fully saturated rings. The largest absolute Gasteiger partial charge is 0.465 e. The van der Waals surface area contributed by atoms with Crippen LogP contribution < -0.4 is 5.32 Å². The first-order valence-electron chi connectivity index (χ1n) is 6.35. The minimum Gasteiger partial charge on any atom is -0.465 e. The van der Waals surface area contributed by atoms with Crippen LogP contribution in [0.2, 0.25) is 0 Å². The molecule has 0 bridgehead atoms. The molecule has 0 spiro atoms. The topological polar surface area (TPSA) is 102 Å². The zero-order valence-corrected chi connectivity index (χ0v) is 11.8. The molecule has 1 aromatic carbocycles. The Balaban J connectivity index is 2.97. The second kappa shape index (κ2) is 7.53. The van der Waals surface area contributed by atoms with Crippen LogP contribution in [0.1, 0.15) is 30.1 Å². The van der Waals surface area contributed by atoms with E-state index in [-0.39, 0.29) is 11.3 Å². The summed E-state index contributed by atoms with van der Waals surface area (Å²) in [4.78, 5) is 21.6. The first-order valence-corrected chi connectivity index (χ1v) is 6.35. The number of anilines is 1. The Labute approximate surface area is 120 Å². The molecule has 0 aliphatic rings. The molecule has 1 aromatic rings. The van der Waals surface area contributed by atoms with Gasteiger partial charge in [0, 0.05) is 6.54 Å². The SMILES string of the molecule is COC(=O)c1cc(NCCCC(C)O)c([N+](=O)[O-])cc1F. The van der Waals surface area contributed by atoms with Crippen molar-refractivity contribution in [3.8, 4) is 0 Å². The monoisotopic (exact) mass is 300 g/mol. The maximum atomic E-state index is 13.7. The molecule has 1 rings (SSSR count). The number of methoxy groups -OCH3 is 1. The number of rotatable bonds is 7. The summed E-state index contributed by atoms with van der Waals surface area (Å²) < 4.78 is 18.1. The Morgan fingerprint density at radius 2 is 2.24 bits per heavy atom. The Bertz CT molecular complexity index is 534. The van der Waals surface area contributed by atoms with Gasteiger partial charge in [0.15, 0.2) is 0 Å². The van der Waals surface area contributed by atoms with Crippen molar-refractivity contribution in [2.45, 2.75) is 25.9 Å². The maximum absolute atomic E-state index is 13.7. The second-order valence-corrected chi connectivity index (χ2v) is 4.52. The van der Waals surface area contributed by atoms with E-state index in [1.54, 1.807) is 6.92 Å². The van der Waals surface area contributed by atoms with Crippen LogP contribution in [-0.4, -0.2) is 35.8 Å². The summed E-state index contributed by atoms with van der Waals surface area (Å²) in [5.74, 6) is -1.92. The van der Waals surface area contributed by atoms with Crippen molar-refractivity contribution in [3.05, 3.63) is 33.6 Å². The van der Waals surface area contributed by atoms with Crippen LogP contribution >= 0.6 is 0 Å². The van der Waals surface area contributed by atoms with Gasteiger partial charge in [0.25, 0.3) is 5.69 Å². The fraction of sp³-hybridized carbons (Fsp3) is 0.462. The van der Waals surface area contributed by atoms with Crippen LogP contribution in [0.4, 0.5) is 15.8 Å². The molecule has 0 aliphatic heterocycles. The van der Waals surface area contributed by atoms with Crippen molar-refractivity contribution in [3.63, 3.8) is 0 Å². The minimum atomic E-state index is -1.01. The van der Waals surface area contributed by atoms with Gasteiger partial charge >= 0.3 is 5.97 Å². The number of hydrogen-bond donors (Lipinski definition) is 2. The average molecular weight is 300 g/mol. The molecule has 1 unspecified atom stereocenters. The molecule has 0 saturated carbocycles. The molecule has 21 heavy (non-hydrogen) atoms. The Kier molecular flexibility index (Phi) is 6.04. The molecular formula is C13H17FN2O5. The van der Waals surface area contributed by atoms with E-state index in [1.165, 1.54) is 0 Å². The molecule has 0 aliphatic carbocycles. The predicted octanol–water partition coefficient (Wildman–Crippen LogP) is 2.09. The third-order valence-electron chi connectivity index (χ3n) is 2.80. The highest BCUT2D eigenvalue weighted by Crippen LogP contribution is 2.28. The lowest BCUT2D eigenvalue weighted by Crippen LogP contribution is -2.11. The summed E-state index contributed by atoms with van der Waals surface area (Å²) in [6.07, 6.45) is 0.617. The smallest absolute Gasteiger partial charge is 0.340 e. The van der Waals surface area contributed by atoms with Crippen molar-refractivity contribution in [2.24, 2.45) is 0 Å². The maximum Gasteiger partial charge on any atom is 0.340 e. The van der Waals surface area contributed by atoms with Crippen molar-refractivity contribution in [1.82, 2.24) is 0 Å². The van der Waals surface area contributed by atoms with Gasteiger partial charge in [-0.15, -0.1) is 0 Å². The first kappa shape index (κ1) is 16.8. The van der Waals surface area contributed by atoms with Crippen molar-refractivity contribution in [2.75, 3.05) is 19.0 Å². The third-order valence-corrected chi connectivity index (χ3v) is 2.80. The van der Waals surface area contributed by atoms with Crippen molar-refractivity contribution < 1.29 is 24.0 Å². The van der Waals surface area contributed by atoms with Crippen LogP contribution in [0.15, 0.2) is 12.1 Å². The molecular weight excluding hydrogens is 283 g/mol. The fourth-order valence-electron chi connectivity index (χ4n) is 1.74. The van der Waals surface area contributed by atoms with E-state index in [1.807, 2.05) is 0 Å². The number of esters is 1. The van der Waals surface area contributed by atoms with E-state index < -0.39 is 28.5 Å². The van der Waals surface area contributed by atoms with E-state index in [0.717, 1.165) is 13.2 Å². The van der Waals surface area contributed by atoms with Crippen LogP contribution in [0.5, 0.6) is 0 Å². The Hall–Kier alpha value is -2.22. The van der Waals surface area contributed by atoms with Gasteiger partial charge in [0.2, 0.25) is 0 Å². The first-order chi connectivity index (χ1) is 9.86. The van der Waals surface area contributed by atoms with Crippen LogP contribution in [0.3, 0.4) is 0 Å². The number of nitrogens with one attached hydrogen (secondary N) is 1. The lowest BCUT2D eigenvalue weighted by Gasteiger charge is -2.10.